The van der Waals surface area contributed by atoms with E-state index >= 15 is 0 Å². The molecule has 1 aromatic heterocycles. The highest BCUT2D eigenvalue weighted by atomic mass is 35.5. The molecule has 0 fully saturated rings. The Bertz CT molecular complexity index is 215. The van der Waals surface area contributed by atoms with Gasteiger partial charge >= 0.3 is 0 Å². The maximum Gasteiger partial charge on any atom is 0.0340 e. The van der Waals surface area contributed by atoms with Crippen molar-refractivity contribution in [1.82, 2.24) is 4.98 Å². The molecule has 0 aliphatic rings. The largest absolute Gasteiger partial charge is 0.265 e. The highest BCUT2D eigenvalue weighted by Gasteiger charge is 1.99. The van der Waals surface area contributed by atoms with Gasteiger partial charge in [0.05, 0.1) is 0 Å². The van der Waals surface area contributed by atoms with Gasteiger partial charge in [0.15, 0.2) is 0 Å². The van der Waals surface area contributed by atoms with Gasteiger partial charge in [-0.05, 0) is 17.7 Å². The molecule has 0 radical (unpaired) electrons. The lowest BCUT2D eigenvalue weighted by Gasteiger charge is -2.05. The van der Waals surface area contributed by atoms with E-state index in [1.165, 1.54) is 5.56 Å². The Hall–Kier alpha value is -0.210. The van der Waals surface area contributed by atoms with Crippen molar-refractivity contribution < 1.29 is 0 Å². The van der Waals surface area contributed by atoms with Crippen LogP contribution in [0.15, 0.2) is 24.5 Å². The van der Waals surface area contributed by atoms with Crippen LogP contribution in [0.5, 0.6) is 0 Å². The Balaban J connectivity index is 2.33. The van der Waals surface area contributed by atoms with E-state index < -0.39 is 0 Å². The quantitative estimate of drug-likeness (QED) is 0.695. The number of thioether (sulfide) groups is 1. The zero-order valence-corrected chi connectivity index (χ0v) is 8.61. The minimum atomic E-state index is 0.528. The average Bonchev–Trinajstić information content (AvgIpc) is 2.16. The van der Waals surface area contributed by atoms with Crippen molar-refractivity contribution in [2.75, 3.05) is 5.88 Å². The molecule has 1 unspecified atom stereocenters. The van der Waals surface area contributed by atoms with Crippen LogP contribution in [0.3, 0.4) is 0 Å². The predicted octanol–water partition coefficient (Wildman–Crippen LogP) is 2.94. The standard InChI is InChI=1S/C9H12ClNS/c1-8(6-10)12-7-9-2-4-11-5-3-9/h2-5,8H,6-7H2,1H3. The molecule has 0 saturated carbocycles. The molecule has 0 aliphatic heterocycles. The number of nitrogens with zero attached hydrogens (tertiary/aromatic N) is 1. The normalized spacial score (nSPS) is 12.8. The van der Waals surface area contributed by atoms with Crippen LogP contribution < -0.4 is 0 Å². The Kier molecular flexibility index (Phi) is 4.48. The Morgan fingerprint density at radius 3 is 2.75 bits per heavy atom. The maximum atomic E-state index is 5.69. The summed E-state index contributed by atoms with van der Waals surface area (Å²) in [5.74, 6) is 1.74. The van der Waals surface area contributed by atoms with E-state index in [1.54, 1.807) is 0 Å². The van der Waals surface area contributed by atoms with Crippen LogP contribution in [0, 0.1) is 0 Å². The lowest BCUT2D eigenvalue weighted by atomic mass is 10.3. The van der Waals surface area contributed by atoms with E-state index in [4.69, 9.17) is 11.6 Å². The zero-order valence-electron chi connectivity index (χ0n) is 7.03. The summed E-state index contributed by atoms with van der Waals surface area (Å²) in [7, 11) is 0. The summed E-state index contributed by atoms with van der Waals surface area (Å²) >= 11 is 7.55. The van der Waals surface area contributed by atoms with Crippen molar-refractivity contribution in [1.29, 1.82) is 0 Å². The van der Waals surface area contributed by atoms with Crippen molar-refractivity contribution in [3.8, 4) is 0 Å². The van der Waals surface area contributed by atoms with Crippen LogP contribution in [0.2, 0.25) is 0 Å². The lowest BCUT2D eigenvalue weighted by molar-refractivity contribution is 1.12. The number of hydrogen-bond acceptors (Lipinski definition) is 2. The van der Waals surface area contributed by atoms with Crippen molar-refractivity contribution in [3.05, 3.63) is 30.1 Å². The third-order valence-corrected chi connectivity index (χ3v) is 3.38. The summed E-state index contributed by atoms with van der Waals surface area (Å²) < 4.78 is 0. The van der Waals surface area contributed by atoms with Crippen molar-refractivity contribution in [2.45, 2.75) is 17.9 Å². The topological polar surface area (TPSA) is 12.9 Å². The zero-order chi connectivity index (χ0) is 8.81. The monoisotopic (exact) mass is 201 g/mol. The molecule has 0 amide bonds. The molecular formula is C9H12ClNS. The summed E-state index contributed by atoms with van der Waals surface area (Å²) in [6.45, 7) is 2.14. The Labute approximate surface area is 82.5 Å². The van der Waals surface area contributed by atoms with Gasteiger partial charge in [-0.2, -0.15) is 11.8 Å². The second-order valence-corrected chi connectivity index (χ2v) is 4.37. The van der Waals surface area contributed by atoms with Gasteiger partial charge in [0, 0.05) is 29.3 Å². The first-order valence-corrected chi connectivity index (χ1v) is 5.47. The van der Waals surface area contributed by atoms with Gasteiger partial charge in [-0.1, -0.05) is 6.92 Å². The fourth-order valence-electron chi connectivity index (χ4n) is 0.762. The average molecular weight is 202 g/mol. The molecule has 0 saturated heterocycles. The van der Waals surface area contributed by atoms with Gasteiger partial charge in [-0.25, -0.2) is 0 Å². The second kappa shape index (κ2) is 5.44. The smallest absolute Gasteiger partial charge is 0.0340 e. The number of halogens is 1. The van der Waals surface area contributed by atoms with Crippen LogP contribution in [-0.4, -0.2) is 16.1 Å². The molecule has 0 N–H and O–H groups in total. The van der Waals surface area contributed by atoms with E-state index in [0.29, 0.717) is 5.25 Å². The predicted molar refractivity (Wildman–Crippen MR) is 55.7 cm³/mol. The summed E-state index contributed by atoms with van der Waals surface area (Å²) in [5, 5.41) is 0.528. The molecule has 1 atom stereocenters. The summed E-state index contributed by atoms with van der Waals surface area (Å²) in [6, 6.07) is 4.07. The summed E-state index contributed by atoms with van der Waals surface area (Å²) in [5.41, 5.74) is 1.31. The van der Waals surface area contributed by atoms with Gasteiger partial charge in [0.25, 0.3) is 0 Å². The molecule has 1 rings (SSSR count). The first-order chi connectivity index (χ1) is 5.83. The van der Waals surface area contributed by atoms with E-state index in [0.717, 1.165) is 11.6 Å². The SMILES string of the molecule is CC(CCl)SCc1ccncc1. The molecule has 1 nitrogen and oxygen atoms in total. The molecule has 0 bridgehead atoms. The first kappa shape index (κ1) is 9.87. The van der Waals surface area contributed by atoms with Crippen molar-refractivity contribution in [2.24, 2.45) is 0 Å². The van der Waals surface area contributed by atoms with Crippen molar-refractivity contribution in [3.63, 3.8) is 0 Å². The van der Waals surface area contributed by atoms with Crippen molar-refractivity contribution >= 4 is 23.4 Å². The highest BCUT2D eigenvalue weighted by Crippen LogP contribution is 2.17. The third-order valence-electron chi connectivity index (χ3n) is 1.50. The first-order valence-electron chi connectivity index (χ1n) is 3.89. The van der Waals surface area contributed by atoms with Gasteiger partial charge in [0.1, 0.15) is 0 Å². The van der Waals surface area contributed by atoms with Crippen LogP contribution in [0.4, 0.5) is 0 Å². The third kappa shape index (κ3) is 3.46. The van der Waals surface area contributed by atoms with Gasteiger partial charge in [-0.3, -0.25) is 4.98 Å². The fourth-order valence-corrected chi connectivity index (χ4v) is 1.79. The van der Waals surface area contributed by atoms with Crippen LogP contribution in [0.1, 0.15) is 12.5 Å². The summed E-state index contributed by atoms with van der Waals surface area (Å²) in [4.78, 5) is 3.96. The van der Waals surface area contributed by atoms with Gasteiger partial charge in [0.2, 0.25) is 0 Å². The number of rotatable bonds is 4. The van der Waals surface area contributed by atoms with E-state index in [-0.39, 0.29) is 0 Å². The lowest BCUT2D eigenvalue weighted by Crippen LogP contribution is -1.97. The molecule has 0 spiro atoms. The van der Waals surface area contributed by atoms with Crippen LogP contribution in [0.25, 0.3) is 0 Å². The fraction of sp³-hybridized carbons (Fsp3) is 0.444. The number of aromatic nitrogens is 1. The number of hydrogen-bond donors (Lipinski definition) is 0. The van der Waals surface area contributed by atoms with E-state index in [1.807, 2.05) is 36.3 Å². The molecule has 1 heterocycles. The molecule has 1 aromatic rings. The molecule has 3 heteroatoms. The Morgan fingerprint density at radius 2 is 2.17 bits per heavy atom. The minimum absolute atomic E-state index is 0.528. The van der Waals surface area contributed by atoms with Crippen LogP contribution >= 0.6 is 23.4 Å². The van der Waals surface area contributed by atoms with E-state index in [2.05, 4.69) is 11.9 Å². The molecule has 66 valence electrons. The highest BCUT2D eigenvalue weighted by molar-refractivity contribution is 7.99. The maximum absolute atomic E-state index is 5.69. The van der Waals surface area contributed by atoms with E-state index in [9.17, 15) is 0 Å². The number of pyridine rings is 1. The van der Waals surface area contributed by atoms with Crippen LogP contribution in [-0.2, 0) is 5.75 Å². The molecule has 0 aliphatic carbocycles. The number of alkyl halides is 1. The van der Waals surface area contributed by atoms with Gasteiger partial charge in [-0.15, -0.1) is 11.6 Å². The molecule has 0 aromatic carbocycles. The second-order valence-electron chi connectivity index (χ2n) is 2.63. The van der Waals surface area contributed by atoms with Gasteiger partial charge < -0.3 is 0 Å². The Morgan fingerprint density at radius 1 is 1.50 bits per heavy atom. The minimum Gasteiger partial charge on any atom is -0.265 e. The molecule has 12 heavy (non-hydrogen) atoms. The molecular weight excluding hydrogens is 190 g/mol. The summed E-state index contributed by atoms with van der Waals surface area (Å²) in [6.07, 6.45) is 3.64.